The Balaban J connectivity index is 0.00000207. The molecule has 0 bridgehead atoms. The number of carbonyl (C=O) groups is 2. The van der Waals surface area contributed by atoms with Gasteiger partial charge in [0.25, 0.3) is 11.8 Å². The molecule has 2 amide bonds. The largest absolute Gasteiger partial charge is 0.493 e. The lowest BCUT2D eigenvalue weighted by Gasteiger charge is -2.32. The molecule has 0 radical (unpaired) electrons. The Bertz CT molecular complexity index is 2640. The lowest BCUT2D eigenvalue weighted by Crippen LogP contribution is -2.37. The van der Waals surface area contributed by atoms with E-state index in [1.807, 2.05) is 92.2 Å². The summed E-state index contributed by atoms with van der Waals surface area (Å²) < 4.78 is 41.2. The summed E-state index contributed by atoms with van der Waals surface area (Å²) in [7, 11) is 6.57. The van der Waals surface area contributed by atoms with Gasteiger partial charge in [0.15, 0.2) is 23.0 Å². The summed E-state index contributed by atoms with van der Waals surface area (Å²) in [6.45, 7) is 16.7. The predicted molar refractivity (Wildman–Crippen MR) is 293 cm³/mol. The van der Waals surface area contributed by atoms with E-state index in [1.54, 1.807) is 46.6 Å². The fraction of sp³-hybridized carbons (Fsp3) is 0.421. The van der Waals surface area contributed by atoms with Crippen molar-refractivity contribution in [2.24, 2.45) is 4.99 Å². The zero-order valence-electron chi connectivity index (χ0n) is 43.7. The normalized spacial score (nSPS) is 14.1. The van der Waals surface area contributed by atoms with E-state index in [1.165, 1.54) is 0 Å². The molecule has 386 valence electrons. The average Bonchev–Trinajstić information content (AvgIpc) is 3.98. The zero-order valence-corrected chi connectivity index (χ0v) is 44.6. The molecule has 1 N–H and O–H groups in total. The van der Waals surface area contributed by atoms with Gasteiger partial charge < -0.3 is 48.3 Å². The minimum absolute atomic E-state index is 0.119. The second kappa shape index (κ2) is 26.4. The number of nitrogens with one attached hydrogen (secondary N) is 1. The van der Waals surface area contributed by atoms with E-state index in [0.29, 0.717) is 105 Å². The molecule has 5 aromatic rings. The molecule has 3 aliphatic heterocycles. The van der Waals surface area contributed by atoms with Gasteiger partial charge in [0.1, 0.15) is 13.2 Å². The zero-order chi connectivity index (χ0) is 51.8. The monoisotopic (exact) mass is 1000 g/mol. The molecule has 0 spiro atoms. The van der Waals surface area contributed by atoms with Gasteiger partial charge in [-0.05, 0) is 85.0 Å². The molecule has 8 rings (SSSR count). The smallest absolute Gasteiger partial charge is 0.261 e. The first-order valence-corrected chi connectivity index (χ1v) is 25.4. The molecule has 3 heterocycles. The number of para-hydroxylation sites is 2. The minimum Gasteiger partial charge on any atom is -0.493 e. The van der Waals surface area contributed by atoms with Crippen molar-refractivity contribution in [3.8, 4) is 23.0 Å². The summed E-state index contributed by atoms with van der Waals surface area (Å²) in [6.07, 6.45) is 3.34. The number of hydrogen-bond acceptors (Lipinski definition) is 13. The second-order valence-electron chi connectivity index (χ2n) is 17.5. The number of rotatable bonds is 22. The number of thiol groups is 1. The molecule has 0 aliphatic carbocycles. The molecule has 0 fully saturated rings. The van der Waals surface area contributed by atoms with Gasteiger partial charge in [-0.15, -0.1) is 0 Å². The first kappa shape index (κ1) is 55.1. The van der Waals surface area contributed by atoms with Crippen molar-refractivity contribution < 1.29 is 42.7 Å². The van der Waals surface area contributed by atoms with Crippen LogP contribution < -0.4 is 39.0 Å². The Morgan fingerprint density at radius 1 is 0.764 bits per heavy atom. The Hall–Kier alpha value is -6.26. The van der Waals surface area contributed by atoms with Crippen molar-refractivity contribution >= 4 is 59.1 Å². The number of amides is 2. The van der Waals surface area contributed by atoms with E-state index in [2.05, 4.69) is 48.3 Å². The molecular weight excluding hydrogens is 931 g/mol. The number of nitrogens with zero attached hydrogens (tertiary/aromatic N) is 4. The molecule has 5 aromatic carbocycles. The highest BCUT2D eigenvalue weighted by Crippen LogP contribution is 2.42. The average molecular weight is 1000 g/mol. The van der Waals surface area contributed by atoms with Crippen LogP contribution in [0.5, 0.6) is 23.0 Å². The third-order valence-corrected chi connectivity index (χ3v) is 12.3. The van der Waals surface area contributed by atoms with Gasteiger partial charge in [-0.25, -0.2) is 0 Å². The van der Waals surface area contributed by atoms with Crippen LogP contribution in [0, 0.1) is 0 Å². The van der Waals surface area contributed by atoms with Crippen LogP contribution in [0.1, 0.15) is 84.5 Å². The maximum Gasteiger partial charge on any atom is 0.261 e. The van der Waals surface area contributed by atoms with Crippen LogP contribution >= 0.6 is 12.6 Å². The highest BCUT2D eigenvalue weighted by atomic mass is 32.1. The number of fused-ring (bicyclic) bond motifs is 5. The second-order valence-corrected chi connectivity index (χ2v) is 18.8. The molecule has 0 saturated carbocycles. The summed E-state index contributed by atoms with van der Waals surface area (Å²) in [6, 6.07) is 29.1. The van der Waals surface area contributed by atoms with E-state index < -0.39 is 0 Å². The van der Waals surface area contributed by atoms with Gasteiger partial charge in [0.2, 0.25) is 0 Å². The van der Waals surface area contributed by atoms with Gasteiger partial charge >= 0.3 is 0 Å². The Morgan fingerprint density at radius 3 is 2.03 bits per heavy atom. The van der Waals surface area contributed by atoms with Crippen molar-refractivity contribution in [1.82, 2.24) is 0 Å². The lowest BCUT2D eigenvalue weighted by atomic mass is 10.1. The molecule has 1 unspecified atom stereocenters. The number of hydrogen-bond donors (Lipinski definition) is 2. The van der Waals surface area contributed by atoms with Gasteiger partial charge in [-0.2, -0.15) is 12.6 Å². The topological polar surface area (TPSA) is 133 Å². The first-order chi connectivity index (χ1) is 35.0. The van der Waals surface area contributed by atoms with Crippen molar-refractivity contribution in [3.05, 3.63) is 124 Å². The van der Waals surface area contributed by atoms with Crippen LogP contribution in [0.2, 0.25) is 0 Å². The van der Waals surface area contributed by atoms with Crippen molar-refractivity contribution in [2.75, 3.05) is 101 Å². The number of carbonyl (C=O) groups excluding carboxylic acids is 2. The number of ether oxygens (including phenoxy) is 7. The summed E-state index contributed by atoms with van der Waals surface area (Å²) in [5.41, 5.74) is 8.78. The molecule has 14 nitrogen and oxygen atoms in total. The van der Waals surface area contributed by atoms with E-state index in [9.17, 15) is 9.59 Å². The third-order valence-electron chi connectivity index (χ3n) is 12.1. The fourth-order valence-electron chi connectivity index (χ4n) is 8.92. The van der Waals surface area contributed by atoms with E-state index in [-0.39, 0.29) is 35.8 Å². The molecule has 15 heteroatoms. The highest BCUT2D eigenvalue weighted by molar-refractivity contribution is 7.81. The van der Waals surface area contributed by atoms with Crippen LogP contribution in [0.15, 0.2) is 96.0 Å². The Labute approximate surface area is 432 Å². The maximum atomic E-state index is 14.1. The number of methoxy groups -OCH3 is 3. The standard InChI is InChI=1S/C53H61N5O9S.2C2H6/c1-53(2,68)34-56(17-18-64-21-22-65-20-19-61-4)39-24-35(32-66-49-29-43(54-3)41(27-47(49)62-5)51(59)57-16-15-37-11-7-9-13-45(37)57)23-36(25-39)33-67-50-30-44-42(28-48(50)63-6)52(60)58-40(31-55-44)26-38-12-8-10-14-46(38)58;2*1-2/h7-14,23-25,27-31,40,54,68H,15-22,26,32-34H2,1-6H3;2*1-2H3. The molecule has 0 saturated heterocycles. The van der Waals surface area contributed by atoms with E-state index in [4.69, 9.17) is 50.8 Å². The van der Waals surface area contributed by atoms with Gasteiger partial charge in [-0.1, -0.05) is 64.1 Å². The van der Waals surface area contributed by atoms with Gasteiger partial charge in [0, 0.05) is 80.4 Å². The summed E-state index contributed by atoms with van der Waals surface area (Å²) in [5.74, 6) is 1.52. The quantitative estimate of drug-likeness (QED) is 0.0507. The van der Waals surface area contributed by atoms with Crippen LogP contribution in [0.3, 0.4) is 0 Å². The Kier molecular flexibility index (Phi) is 20.2. The molecule has 3 aliphatic rings. The van der Waals surface area contributed by atoms with E-state index in [0.717, 1.165) is 45.7 Å². The number of aliphatic imine (C=N–C) groups is 1. The Morgan fingerprint density at radius 2 is 1.38 bits per heavy atom. The molecule has 0 aromatic heterocycles. The summed E-state index contributed by atoms with van der Waals surface area (Å²) in [4.78, 5) is 38.8. The summed E-state index contributed by atoms with van der Waals surface area (Å²) >= 11 is 4.94. The van der Waals surface area contributed by atoms with Gasteiger partial charge in [-0.3, -0.25) is 19.5 Å². The van der Waals surface area contributed by atoms with Crippen LogP contribution in [0.4, 0.5) is 28.4 Å². The van der Waals surface area contributed by atoms with Gasteiger partial charge in [0.05, 0.1) is 75.8 Å². The summed E-state index contributed by atoms with van der Waals surface area (Å²) in [5, 5.41) is 3.21. The third kappa shape index (κ3) is 13.4. The minimum atomic E-state index is -0.357. The van der Waals surface area contributed by atoms with Crippen LogP contribution in [0.25, 0.3) is 0 Å². The number of benzene rings is 5. The number of anilines is 4. The van der Waals surface area contributed by atoms with Crippen LogP contribution in [-0.4, -0.2) is 110 Å². The molecule has 1 atom stereocenters. The fourth-order valence-corrected chi connectivity index (χ4v) is 9.09. The van der Waals surface area contributed by atoms with Crippen molar-refractivity contribution in [1.29, 1.82) is 0 Å². The maximum absolute atomic E-state index is 14.1. The van der Waals surface area contributed by atoms with E-state index >= 15 is 0 Å². The van der Waals surface area contributed by atoms with Crippen LogP contribution in [-0.2, 0) is 40.3 Å². The predicted octanol–water partition coefficient (Wildman–Crippen LogP) is 10.6. The van der Waals surface area contributed by atoms with Crippen molar-refractivity contribution in [2.45, 2.75) is 78.4 Å². The first-order valence-electron chi connectivity index (χ1n) is 25.0. The molecule has 72 heavy (non-hydrogen) atoms. The lowest BCUT2D eigenvalue weighted by molar-refractivity contribution is 0.0264. The van der Waals surface area contributed by atoms with Crippen molar-refractivity contribution in [3.63, 3.8) is 0 Å². The SMILES string of the molecule is CC.CC.CNc1cc(OCc2cc(COc3cc4c(cc3OC)C(=O)N3c5ccccc5CC3C=N4)cc(N(CCOCCOCCOC)CC(C)(C)S)c2)c(OC)cc1C(=O)N1CCc2ccccc21. The highest BCUT2D eigenvalue weighted by Gasteiger charge is 2.37. The molecular formula is C57H73N5O9S.